The Balaban J connectivity index is 1.81. The van der Waals surface area contributed by atoms with Gasteiger partial charge in [0.25, 0.3) is 5.56 Å². The zero-order valence-corrected chi connectivity index (χ0v) is 13.4. The lowest BCUT2D eigenvalue weighted by atomic mass is 10.3. The van der Waals surface area contributed by atoms with Crippen LogP contribution in [0.15, 0.2) is 35.4 Å². The topological polar surface area (TPSA) is 68.9 Å². The van der Waals surface area contributed by atoms with Crippen molar-refractivity contribution in [3.8, 4) is 0 Å². The molecule has 0 aliphatic heterocycles. The minimum absolute atomic E-state index is 0.0223. The lowest BCUT2D eigenvalue weighted by molar-refractivity contribution is -0.124. The molecule has 22 heavy (non-hydrogen) atoms. The Bertz CT molecular complexity index is 708. The first-order chi connectivity index (χ1) is 10.5. The molecule has 0 aliphatic carbocycles. The Labute approximate surface area is 133 Å². The van der Waals surface area contributed by atoms with E-state index in [1.807, 2.05) is 13.0 Å². The number of hydrogen-bond acceptors (Lipinski definition) is 3. The largest absolute Gasteiger partial charge is 0.354 e. The van der Waals surface area contributed by atoms with Crippen molar-refractivity contribution in [1.82, 2.24) is 19.7 Å². The van der Waals surface area contributed by atoms with Crippen LogP contribution in [-0.4, -0.2) is 26.8 Å². The third kappa shape index (κ3) is 3.98. The summed E-state index contributed by atoms with van der Waals surface area (Å²) in [5.74, 6) is -0.128. The molecule has 2 heterocycles. The van der Waals surface area contributed by atoms with Crippen molar-refractivity contribution >= 4 is 17.5 Å². The summed E-state index contributed by atoms with van der Waals surface area (Å²) in [6.07, 6.45) is 3.79. The fraction of sp³-hybridized carbons (Fsp3) is 0.400. The smallest absolute Gasteiger partial charge is 0.250 e. The Morgan fingerprint density at radius 2 is 2.23 bits per heavy atom. The Morgan fingerprint density at radius 3 is 2.86 bits per heavy atom. The van der Waals surface area contributed by atoms with Gasteiger partial charge in [0.2, 0.25) is 5.91 Å². The summed E-state index contributed by atoms with van der Waals surface area (Å²) in [4.78, 5) is 23.7. The SMILES string of the molecule is Cc1cccc(=O)n1CCCNC(=O)[C@@H](C)n1cc(Cl)cn1. The summed E-state index contributed by atoms with van der Waals surface area (Å²) in [7, 11) is 0. The van der Waals surface area contributed by atoms with Crippen molar-refractivity contribution in [3.05, 3.63) is 51.7 Å². The third-order valence-corrected chi connectivity index (χ3v) is 3.67. The number of nitrogens with zero attached hydrogens (tertiary/aromatic N) is 3. The second-order valence-electron chi connectivity index (χ2n) is 5.12. The molecule has 0 aromatic carbocycles. The van der Waals surface area contributed by atoms with E-state index in [2.05, 4.69) is 10.4 Å². The minimum atomic E-state index is -0.423. The Morgan fingerprint density at radius 1 is 1.45 bits per heavy atom. The Kier molecular flexibility index (Phi) is 5.38. The van der Waals surface area contributed by atoms with E-state index in [4.69, 9.17) is 11.6 Å². The summed E-state index contributed by atoms with van der Waals surface area (Å²) >= 11 is 5.79. The molecular formula is C15H19ClN4O2. The molecule has 0 radical (unpaired) electrons. The summed E-state index contributed by atoms with van der Waals surface area (Å²) < 4.78 is 3.21. The number of pyridine rings is 1. The highest BCUT2D eigenvalue weighted by Crippen LogP contribution is 2.10. The van der Waals surface area contributed by atoms with E-state index in [0.29, 0.717) is 24.5 Å². The van der Waals surface area contributed by atoms with Gasteiger partial charge in [-0.3, -0.25) is 14.3 Å². The van der Waals surface area contributed by atoms with Gasteiger partial charge in [-0.05, 0) is 26.3 Å². The van der Waals surface area contributed by atoms with E-state index < -0.39 is 6.04 Å². The summed E-state index contributed by atoms with van der Waals surface area (Å²) in [5.41, 5.74) is 0.893. The maximum atomic E-state index is 12.0. The van der Waals surface area contributed by atoms with Crippen molar-refractivity contribution in [2.24, 2.45) is 0 Å². The normalized spacial score (nSPS) is 12.1. The average molecular weight is 323 g/mol. The van der Waals surface area contributed by atoms with Crippen LogP contribution in [0.25, 0.3) is 0 Å². The van der Waals surface area contributed by atoms with Gasteiger partial charge in [-0.1, -0.05) is 17.7 Å². The van der Waals surface area contributed by atoms with Crippen LogP contribution in [0.1, 0.15) is 25.1 Å². The number of carbonyl (C=O) groups is 1. The number of aromatic nitrogens is 3. The first-order valence-electron chi connectivity index (χ1n) is 7.13. The van der Waals surface area contributed by atoms with Gasteiger partial charge in [0.05, 0.1) is 11.2 Å². The summed E-state index contributed by atoms with van der Waals surface area (Å²) in [6, 6.07) is 4.75. The zero-order valence-electron chi connectivity index (χ0n) is 12.6. The third-order valence-electron chi connectivity index (χ3n) is 3.47. The highest BCUT2D eigenvalue weighted by molar-refractivity contribution is 6.30. The van der Waals surface area contributed by atoms with Gasteiger partial charge < -0.3 is 9.88 Å². The fourth-order valence-electron chi connectivity index (χ4n) is 2.15. The molecule has 1 amide bonds. The minimum Gasteiger partial charge on any atom is -0.354 e. The molecule has 2 aromatic heterocycles. The van der Waals surface area contributed by atoms with Crippen LogP contribution in [0.3, 0.4) is 0 Å². The lowest BCUT2D eigenvalue weighted by Gasteiger charge is -2.13. The van der Waals surface area contributed by atoms with Gasteiger partial charge in [-0.25, -0.2) is 0 Å². The summed E-state index contributed by atoms with van der Waals surface area (Å²) in [6.45, 7) is 4.72. The highest BCUT2D eigenvalue weighted by Gasteiger charge is 2.15. The first-order valence-corrected chi connectivity index (χ1v) is 7.50. The van der Waals surface area contributed by atoms with Gasteiger partial charge in [0.1, 0.15) is 6.04 Å². The van der Waals surface area contributed by atoms with Gasteiger partial charge in [-0.15, -0.1) is 0 Å². The molecule has 1 atom stereocenters. The second-order valence-corrected chi connectivity index (χ2v) is 5.55. The van der Waals surface area contributed by atoms with E-state index in [0.717, 1.165) is 5.69 Å². The van der Waals surface area contributed by atoms with E-state index >= 15 is 0 Å². The van der Waals surface area contributed by atoms with Crippen LogP contribution in [0.4, 0.5) is 0 Å². The predicted molar refractivity (Wildman–Crippen MR) is 85.0 cm³/mol. The van der Waals surface area contributed by atoms with E-state index in [1.165, 1.54) is 16.9 Å². The number of hydrogen-bond donors (Lipinski definition) is 1. The molecule has 0 unspecified atom stereocenters. The maximum Gasteiger partial charge on any atom is 0.250 e. The molecule has 2 aromatic rings. The van der Waals surface area contributed by atoms with Crippen molar-refractivity contribution in [2.75, 3.05) is 6.54 Å². The lowest BCUT2D eigenvalue weighted by Crippen LogP contribution is -2.33. The van der Waals surface area contributed by atoms with E-state index in [9.17, 15) is 9.59 Å². The fourth-order valence-corrected chi connectivity index (χ4v) is 2.30. The number of halogens is 1. The highest BCUT2D eigenvalue weighted by atomic mass is 35.5. The van der Waals surface area contributed by atoms with Crippen LogP contribution in [0.5, 0.6) is 0 Å². The monoisotopic (exact) mass is 322 g/mol. The van der Waals surface area contributed by atoms with Crippen molar-refractivity contribution in [1.29, 1.82) is 0 Å². The number of amides is 1. The maximum absolute atomic E-state index is 12.0. The molecule has 0 saturated carbocycles. The molecule has 2 rings (SSSR count). The molecular weight excluding hydrogens is 304 g/mol. The number of aryl methyl sites for hydroxylation is 1. The molecule has 118 valence electrons. The summed E-state index contributed by atoms with van der Waals surface area (Å²) in [5, 5.41) is 7.35. The van der Waals surface area contributed by atoms with Gasteiger partial charge in [0, 0.05) is 31.0 Å². The number of rotatable bonds is 6. The molecule has 0 aliphatic rings. The van der Waals surface area contributed by atoms with Gasteiger partial charge in [0.15, 0.2) is 0 Å². The Hall–Kier alpha value is -2.08. The van der Waals surface area contributed by atoms with Gasteiger partial charge in [-0.2, -0.15) is 5.10 Å². The van der Waals surface area contributed by atoms with Crippen LogP contribution in [0.2, 0.25) is 5.02 Å². The first kappa shape index (κ1) is 16.3. The van der Waals surface area contributed by atoms with Crippen LogP contribution < -0.4 is 10.9 Å². The standard InChI is InChI=1S/C15H19ClN4O2/c1-11-5-3-6-14(21)19(11)8-4-7-17-15(22)12(2)20-10-13(16)9-18-20/h3,5-6,9-10,12H,4,7-8H2,1-2H3,(H,17,22)/t12-/m1/s1. The quantitative estimate of drug-likeness (QED) is 0.824. The molecule has 0 spiro atoms. The predicted octanol–water partition coefficient (Wildman–Crippen LogP) is 1.77. The molecule has 0 fully saturated rings. The van der Waals surface area contributed by atoms with E-state index in [-0.39, 0.29) is 11.5 Å². The zero-order chi connectivity index (χ0) is 16.1. The molecule has 1 N–H and O–H groups in total. The molecule has 7 heteroatoms. The molecule has 6 nitrogen and oxygen atoms in total. The van der Waals surface area contributed by atoms with Crippen molar-refractivity contribution in [2.45, 2.75) is 32.9 Å². The number of nitrogens with one attached hydrogen (secondary N) is 1. The van der Waals surface area contributed by atoms with Crippen molar-refractivity contribution < 1.29 is 4.79 Å². The molecule has 0 saturated heterocycles. The van der Waals surface area contributed by atoms with E-state index in [1.54, 1.807) is 23.8 Å². The number of carbonyl (C=O) groups excluding carboxylic acids is 1. The average Bonchev–Trinajstić information content (AvgIpc) is 2.91. The molecule has 0 bridgehead atoms. The van der Waals surface area contributed by atoms with Crippen LogP contribution in [0, 0.1) is 6.92 Å². The van der Waals surface area contributed by atoms with Gasteiger partial charge >= 0.3 is 0 Å². The van der Waals surface area contributed by atoms with Crippen LogP contribution >= 0.6 is 11.6 Å². The van der Waals surface area contributed by atoms with Crippen LogP contribution in [-0.2, 0) is 11.3 Å². The van der Waals surface area contributed by atoms with Crippen molar-refractivity contribution in [3.63, 3.8) is 0 Å². The second kappa shape index (κ2) is 7.26.